The van der Waals surface area contributed by atoms with Crippen molar-refractivity contribution in [2.45, 2.75) is 6.42 Å². The lowest BCUT2D eigenvalue weighted by molar-refractivity contribution is -0.124. The number of anilines is 1. The number of hydrogen-bond donors (Lipinski definition) is 0. The molecule has 1 heterocycles. The Morgan fingerprint density at radius 3 is 1.73 bits per heavy atom. The van der Waals surface area contributed by atoms with Gasteiger partial charge in [-0.3, -0.25) is 14.5 Å². The third kappa shape index (κ3) is 2.83. The molecule has 1 saturated heterocycles. The van der Waals surface area contributed by atoms with Crippen molar-refractivity contribution >= 4 is 17.5 Å². The molecule has 0 radical (unpaired) electrons. The lowest BCUT2D eigenvalue weighted by Gasteiger charge is -2.37. The van der Waals surface area contributed by atoms with Gasteiger partial charge in [-0.1, -0.05) is 54.6 Å². The minimum absolute atomic E-state index is 0.0279. The maximum absolute atomic E-state index is 13.3. The van der Waals surface area contributed by atoms with Gasteiger partial charge in [0.15, 0.2) is 0 Å². The van der Waals surface area contributed by atoms with Crippen LogP contribution in [0.3, 0.4) is 0 Å². The standard InChI is InChI=1S/C29H23NO3/c31-28-26-22-14-15-23(25-16-24(22)25)27(26)29(32)30(28)19-8-12-21(13-9-19)33-20-10-6-18(7-11-20)17-4-2-1-3-5-17/h1-15,22-27H,16H2/t22-,23-,24-,25+,26+,27-/m1/s1. The normalized spacial score (nSPS) is 30.8. The molecule has 2 amide bonds. The number of ether oxygens (including phenoxy) is 1. The Kier molecular flexibility index (Phi) is 3.95. The maximum Gasteiger partial charge on any atom is 0.238 e. The summed E-state index contributed by atoms with van der Waals surface area (Å²) in [5, 5.41) is 0. The average molecular weight is 434 g/mol. The van der Waals surface area contributed by atoms with Gasteiger partial charge in [0.05, 0.1) is 17.5 Å². The molecule has 162 valence electrons. The lowest BCUT2D eigenvalue weighted by atomic mass is 9.63. The van der Waals surface area contributed by atoms with Gasteiger partial charge in [0.25, 0.3) is 0 Å². The van der Waals surface area contributed by atoms with Crippen LogP contribution in [0.4, 0.5) is 5.69 Å². The summed E-state index contributed by atoms with van der Waals surface area (Å²) in [6.45, 7) is 0. The van der Waals surface area contributed by atoms with Crippen molar-refractivity contribution in [2.75, 3.05) is 4.90 Å². The van der Waals surface area contributed by atoms with E-state index in [0.29, 0.717) is 23.3 Å². The second-order valence-electron chi connectivity index (χ2n) is 9.65. The highest BCUT2D eigenvalue weighted by Crippen LogP contribution is 2.65. The van der Waals surface area contributed by atoms with E-state index in [4.69, 9.17) is 4.74 Å². The highest BCUT2D eigenvalue weighted by Gasteiger charge is 2.67. The van der Waals surface area contributed by atoms with Crippen LogP contribution < -0.4 is 9.64 Å². The van der Waals surface area contributed by atoms with E-state index in [2.05, 4.69) is 24.3 Å². The summed E-state index contributed by atoms with van der Waals surface area (Å²) >= 11 is 0. The molecule has 4 heteroatoms. The molecule has 2 bridgehead atoms. The summed E-state index contributed by atoms with van der Waals surface area (Å²) < 4.78 is 6.00. The Morgan fingerprint density at radius 2 is 1.15 bits per heavy atom. The van der Waals surface area contributed by atoms with Crippen molar-refractivity contribution in [3.05, 3.63) is 91.0 Å². The zero-order valence-electron chi connectivity index (χ0n) is 18.0. The van der Waals surface area contributed by atoms with Gasteiger partial charge >= 0.3 is 0 Å². The van der Waals surface area contributed by atoms with E-state index in [1.807, 2.05) is 66.7 Å². The van der Waals surface area contributed by atoms with E-state index < -0.39 is 0 Å². The van der Waals surface area contributed by atoms with Gasteiger partial charge in [0, 0.05) is 0 Å². The predicted molar refractivity (Wildman–Crippen MR) is 126 cm³/mol. The monoisotopic (exact) mass is 433 g/mol. The van der Waals surface area contributed by atoms with Gasteiger partial charge in [-0.25, -0.2) is 0 Å². The SMILES string of the molecule is O=C1[C@@H]2[C@@H]3C=C[C@H]([C@H]4C[C@@H]34)[C@@H]2C(=O)N1c1ccc(Oc2ccc(-c3ccccc3)cc2)cc1. The quantitative estimate of drug-likeness (QED) is 0.391. The molecule has 0 spiro atoms. The molecule has 5 aliphatic rings. The lowest BCUT2D eigenvalue weighted by Crippen LogP contribution is -2.40. The van der Waals surface area contributed by atoms with Crippen LogP contribution in [-0.4, -0.2) is 11.8 Å². The molecule has 4 nitrogen and oxygen atoms in total. The van der Waals surface area contributed by atoms with E-state index in [-0.39, 0.29) is 35.5 Å². The Balaban J connectivity index is 1.09. The van der Waals surface area contributed by atoms with Gasteiger partial charge in [-0.2, -0.15) is 0 Å². The third-order valence-electron chi connectivity index (χ3n) is 7.95. The van der Waals surface area contributed by atoms with E-state index in [1.54, 1.807) is 0 Å². The van der Waals surface area contributed by atoms with Crippen molar-refractivity contribution in [3.8, 4) is 22.6 Å². The molecule has 3 fully saturated rings. The zero-order chi connectivity index (χ0) is 22.1. The zero-order valence-corrected chi connectivity index (χ0v) is 18.0. The number of benzene rings is 3. The van der Waals surface area contributed by atoms with E-state index in [0.717, 1.165) is 16.9 Å². The molecule has 3 aromatic rings. The van der Waals surface area contributed by atoms with Crippen LogP contribution in [0.5, 0.6) is 11.5 Å². The minimum Gasteiger partial charge on any atom is -0.457 e. The Morgan fingerprint density at radius 1 is 0.636 bits per heavy atom. The summed E-state index contributed by atoms with van der Waals surface area (Å²) in [7, 11) is 0. The molecule has 0 aromatic heterocycles. The van der Waals surface area contributed by atoms with E-state index >= 15 is 0 Å². The molecule has 8 rings (SSSR count). The second-order valence-corrected chi connectivity index (χ2v) is 9.65. The molecule has 1 aliphatic heterocycles. The molecular weight excluding hydrogens is 410 g/mol. The molecule has 0 N–H and O–H groups in total. The Bertz CT molecular complexity index is 1240. The van der Waals surface area contributed by atoms with Gasteiger partial charge < -0.3 is 4.74 Å². The summed E-state index contributed by atoms with van der Waals surface area (Å²) in [5.74, 6) is 2.73. The van der Waals surface area contributed by atoms with Gasteiger partial charge in [-0.15, -0.1) is 0 Å². The van der Waals surface area contributed by atoms with Gasteiger partial charge in [0.2, 0.25) is 11.8 Å². The highest BCUT2D eigenvalue weighted by molar-refractivity contribution is 6.22. The smallest absolute Gasteiger partial charge is 0.238 e. The number of carbonyl (C=O) groups excluding carboxylic acids is 2. The molecule has 6 atom stereocenters. The molecule has 2 saturated carbocycles. The van der Waals surface area contributed by atoms with E-state index in [1.165, 1.54) is 11.3 Å². The van der Waals surface area contributed by atoms with Crippen LogP contribution in [0.15, 0.2) is 91.0 Å². The number of carbonyl (C=O) groups is 2. The molecular formula is C29H23NO3. The highest BCUT2D eigenvalue weighted by atomic mass is 16.5. The minimum atomic E-state index is -0.171. The molecule has 4 aliphatic carbocycles. The fraction of sp³-hybridized carbons (Fsp3) is 0.241. The summed E-state index contributed by atoms with van der Waals surface area (Å²) in [5.41, 5.74) is 2.93. The molecule has 3 aromatic carbocycles. The number of amides is 2. The third-order valence-corrected chi connectivity index (χ3v) is 7.95. The van der Waals surface area contributed by atoms with Crippen molar-refractivity contribution in [1.29, 1.82) is 0 Å². The first kappa shape index (κ1) is 18.9. The summed E-state index contributed by atoms with van der Waals surface area (Å²) in [4.78, 5) is 28.0. The predicted octanol–water partition coefficient (Wildman–Crippen LogP) is 5.70. The number of nitrogens with zero attached hydrogens (tertiary/aromatic N) is 1. The van der Waals surface area contributed by atoms with Gasteiger partial charge in [0.1, 0.15) is 11.5 Å². The van der Waals surface area contributed by atoms with Crippen LogP contribution in [0.25, 0.3) is 11.1 Å². The number of hydrogen-bond acceptors (Lipinski definition) is 3. The number of allylic oxidation sites excluding steroid dienone is 2. The van der Waals surface area contributed by atoms with Crippen LogP contribution >= 0.6 is 0 Å². The first-order chi connectivity index (χ1) is 16.2. The van der Waals surface area contributed by atoms with Crippen molar-refractivity contribution in [1.82, 2.24) is 0 Å². The van der Waals surface area contributed by atoms with Crippen LogP contribution in [-0.2, 0) is 9.59 Å². The average Bonchev–Trinajstić information content (AvgIpc) is 3.64. The Hall–Kier alpha value is -3.66. The maximum atomic E-state index is 13.3. The first-order valence-corrected chi connectivity index (χ1v) is 11.7. The molecule has 33 heavy (non-hydrogen) atoms. The first-order valence-electron chi connectivity index (χ1n) is 11.7. The Labute approximate surface area is 192 Å². The summed E-state index contributed by atoms with van der Waals surface area (Å²) in [6.07, 6.45) is 5.58. The van der Waals surface area contributed by atoms with Crippen molar-refractivity contribution in [3.63, 3.8) is 0 Å². The molecule has 0 unspecified atom stereocenters. The number of imide groups is 1. The van der Waals surface area contributed by atoms with Crippen LogP contribution in [0, 0.1) is 35.5 Å². The fourth-order valence-electron chi connectivity index (χ4n) is 6.36. The van der Waals surface area contributed by atoms with Crippen molar-refractivity contribution in [2.24, 2.45) is 35.5 Å². The van der Waals surface area contributed by atoms with Crippen LogP contribution in [0.1, 0.15) is 6.42 Å². The van der Waals surface area contributed by atoms with Crippen molar-refractivity contribution < 1.29 is 14.3 Å². The van der Waals surface area contributed by atoms with E-state index in [9.17, 15) is 9.59 Å². The van der Waals surface area contributed by atoms with Crippen LogP contribution in [0.2, 0.25) is 0 Å². The topological polar surface area (TPSA) is 46.6 Å². The van der Waals surface area contributed by atoms with Gasteiger partial charge in [-0.05, 0) is 77.6 Å². The number of rotatable bonds is 4. The fourth-order valence-corrected chi connectivity index (χ4v) is 6.36. The summed E-state index contributed by atoms with van der Waals surface area (Å²) in [6, 6.07) is 25.5. The largest absolute Gasteiger partial charge is 0.457 e. The second kappa shape index (κ2) is 6.92.